The van der Waals surface area contributed by atoms with Crippen molar-refractivity contribution in [2.45, 2.75) is 25.5 Å². The van der Waals surface area contributed by atoms with E-state index in [-0.39, 0.29) is 11.6 Å². The number of anilines is 2. The molecule has 1 heterocycles. The van der Waals surface area contributed by atoms with Gasteiger partial charge in [-0.05, 0) is 49.2 Å². The van der Waals surface area contributed by atoms with E-state index in [4.69, 9.17) is 0 Å². The summed E-state index contributed by atoms with van der Waals surface area (Å²) in [5.41, 5.74) is 1.26. The second-order valence-electron chi connectivity index (χ2n) is 6.79. The van der Waals surface area contributed by atoms with Gasteiger partial charge in [-0.3, -0.25) is 4.90 Å². The van der Waals surface area contributed by atoms with Gasteiger partial charge in [-0.2, -0.15) is 0 Å². The third-order valence-electron chi connectivity index (χ3n) is 4.61. The van der Waals surface area contributed by atoms with Gasteiger partial charge in [-0.25, -0.2) is 18.4 Å². The molecular formula is C20H22F2N4O3. The molecule has 7 nitrogen and oxygen atoms in total. The molecule has 0 radical (unpaired) electrons. The van der Waals surface area contributed by atoms with Crippen LogP contribution in [0.2, 0.25) is 0 Å². The number of amides is 4. The van der Waals surface area contributed by atoms with E-state index in [0.717, 1.165) is 18.6 Å². The number of aliphatic hydroxyl groups is 1. The second kappa shape index (κ2) is 8.87. The Bertz CT molecular complexity index is 909. The number of rotatable bonds is 5. The zero-order chi connectivity index (χ0) is 21.0. The monoisotopic (exact) mass is 404 g/mol. The number of urea groups is 2. The van der Waals surface area contributed by atoms with Gasteiger partial charge in [0.25, 0.3) is 0 Å². The van der Waals surface area contributed by atoms with E-state index < -0.39 is 29.8 Å². The molecule has 1 aliphatic heterocycles. The quantitative estimate of drug-likeness (QED) is 0.617. The van der Waals surface area contributed by atoms with Gasteiger partial charge in [0, 0.05) is 24.5 Å². The fourth-order valence-electron chi connectivity index (χ4n) is 3.07. The predicted molar refractivity (Wildman–Crippen MR) is 105 cm³/mol. The number of carbonyl (C=O) groups excluding carboxylic acids is 2. The minimum atomic E-state index is -1.22. The van der Waals surface area contributed by atoms with Crippen LogP contribution in [0.1, 0.15) is 25.0 Å². The highest BCUT2D eigenvalue weighted by molar-refractivity contribution is 5.94. The maximum absolute atomic E-state index is 13.4. The summed E-state index contributed by atoms with van der Waals surface area (Å²) >= 11 is 0. The third kappa shape index (κ3) is 5.00. The summed E-state index contributed by atoms with van der Waals surface area (Å²) in [6, 6.07) is 8.34. The number of benzene rings is 2. The van der Waals surface area contributed by atoms with Crippen LogP contribution < -0.4 is 20.9 Å². The summed E-state index contributed by atoms with van der Waals surface area (Å²) in [6.07, 6.45) is -0.400. The molecule has 29 heavy (non-hydrogen) atoms. The first-order valence-corrected chi connectivity index (χ1v) is 9.21. The van der Waals surface area contributed by atoms with Crippen LogP contribution in [0.4, 0.5) is 29.7 Å². The van der Waals surface area contributed by atoms with Gasteiger partial charge in [-0.1, -0.05) is 12.1 Å². The first-order valence-electron chi connectivity index (χ1n) is 9.21. The van der Waals surface area contributed by atoms with Gasteiger partial charge in [0.05, 0.1) is 12.1 Å². The van der Waals surface area contributed by atoms with E-state index in [1.807, 2.05) is 0 Å². The van der Waals surface area contributed by atoms with E-state index in [1.165, 1.54) is 6.07 Å². The molecule has 1 aliphatic rings. The zero-order valence-corrected chi connectivity index (χ0v) is 15.8. The number of hydrogen-bond acceptors (Lipinski definition) is 3. The van der Waals surface area contributed by atoms with Crippen molar-refractivity contribution < 1.29 is 23.5 Å². The van der Waals surface area contributed by atoms with Crippen molar-refractivity contribution >= 4 is 23.4 Å². The molecule has 9 heteroatoms. The van der Waals surface area contributed by atoms with Crippen molar-refractivity contribution in [2.24, 2.45) is 0 Å². The molecule has 0 aliphatic carbocycles. The molecule has 0 bridgehead atoms. The van der Waals surface area contributed by atoms with Crippen LogP contribution in [0.3, 0.4) is 0 Å². The maximum atomic E-state index is 13.4. The number of nitrogens with zero attached hydrogens (tertiary/aromatic N) is 1. The molecule has 2 aromatic carbocycles. The highest BCUT2D eigenvalue weighted by atomic mass is 19.2. The summed E-state index contributed by atoms with van der Waals surface area (Å²) in [5, 5.41) is 18.2. The van der Waals surface area contributed by atoms with Crippen molar-refractivity contribution in [2.75, 3.05) is 23.3 Å². The van der Waals surface area contributed by atoms with Gasteiger partial charge >= 0.3 is 12.1 Å². The molecule has 154 valence electrons. The molecular weight excluding hydrogens is 382 g/mol. The van der Waals surface area contributed by atoms with Gasteiger partial charge < -0.3 is 21.1 Å². The molecule has 1 fully saturated rings. The van der Waals surface area contributed by atoms with Crippen LogP contribution in [0, 0.1) is 11.6 Å². The summed E-state index contributed by atoms with van der Waals surface area (Å²) in [5.74, 6) is -2.08. The Morgan fingerprint density at radius 3 is 2.72 bits per heavy atom. The van der Waals surface area contributed by atoms with Crippen LogP contribution in [0.25, 0.3) is 0 Å². The fourth-order valence-corrected chi connectivity index (χ4v) is 3.07. The lowest BCUT2D eigenvalue weighted by Gasteiger charge is -2.27. The van der Waals surface area contributed by atoms with Crippen molar-refractivity contribution in [3.63, 3.8) is 0 Å². The predicted octanol–water partition coefficient (Wildman–Crippen LogP) is 3.13. The number of aliphatic hydroxyl groups excluding tert-OH is 1. The second-order valence-corrected chi connectivity index (χ2v) is 6.79. The average molecular weight is 404 g/mol. The molecule has 4 amide bonds. The SMILES string of the molecule is CC(NC(=O)Nc1cccc(N2CCCNC2=O)c1)C(O)c1ccc(F)c(F)c1. The van der Waals surface area contributed by atoms with Gasteiger partial charge in [0.1, 0.15) is 0 Å². The maximum Gasteiger partial charge on any atom is 0.321 e. The number of halogens is 2. The molecule has 2 aromatic rings. The molecule has 0 aromatic heterocycles. The minimum absolute atomic E-state index is 0.148. The van der Waals surface area contributed by atoms with Crippen LogP contribution in [0.15, 0.2) is 42.5 Å². The van der Waals surface area contributed by atoms with Gasteiger partial charge in [0.2, 0.25) is 0 Å². The van der Waals surface area contributed by atoms with Crippen molar-refractivity contribution in [3.8, 4) is 0 Å². The topological polar surface area (TPSA) is 93.7 Å². The number of carbonyl (C=O) groups is 2. The van der Waals surface area contributed by atoms with E-state index >= 15 is 0 Å². The molecule has 1 saturated heterocycles. The zero-order valence-electron chi connectivity index (χ0n) is 15.8. The molecule has 3 rings (SSSR count). The minimum Gasteiger partial charge on any atom is -0.386 e. The summed E-state index contributed by atoms with van der Waals surface area (Å²) in [6.45, 7) is 2.76. The standard InChI is InChI=1S/C20H22F2N4O3/c1-12(18(27)13-6-7-16(21)17(22)10-13)24-19(28)25-14-4-2-5-15(11-14)26-9-3-8-23-20(26)29/h2,4-7,10-12,18,27H,3,8-9H2,1H3,(H,23,29)(H2,24,25,28). The van der Waals surface area contributed by atoms with Crippen LogP contribution >= 0.6 is 0 Å². The Balaban J connectivity index is 1.62. The van der Waals surface area contributed by atoms with Crippen molar-refractivity contribution in [3.05, 3.63) is 59.7 Å². The highest BCUT2D eigenvalue weighted by Crippen LogP contribution is 2.22. The molecule has 0 spiro atoms. The van der Waals surface area contributed by atoms with E-state index in [1.54, 1.807) is 36.1 Å². The molecule has 0 saturated carbocycles. The molecule has 2 unspecified atom stereocenters. The van der Waals surface area contributed by atoms with Crippen LogP contribution in [-0.4, -0.2) is 36.3 Å². The molecule has 4 N–H and O–H groups in total. The van der Waals surface area contributed by atoms with Gasteiger partial charge in [-0.15, -0.1) is 0 Å². The van der Waals surface area contributed by atoms with Crippen molar-refractivity contribution in [1.82, 2.24) is 10.6 Å². The summed E-state index contributed by atoms with van der Waals surface area (Å²) < 4.78 is 26.4. The number of hydrogen-bond donors (Lipinski definition) is 4. The normalized spacial score (nSPS) is 16.0. The largest absolute Gasteiger partial charge is 0.386 e. The third-order valence-corrected chi connectivity index (χ3v) is 4.61. The average Bonchev–Trinajstić information content (AvgIpc) is 2.70. The van der Waals surface area contributed by atoms with Crippen molar-refractivity contribution in [1.29, 1.82) is 0 Å². The van der Waals surface area contributed by atoms with Crippen LogP contribution in [0.5, 0.6) is 0 Å². The highest BCUT2D eigenvalue weighted by Gasteiger charge is 2.21. The fraction of sp³-hybridized carbons (Fsp3) is 0.300. The molecule has 2 atom stereocenters. The Morgan fingerprint density at radius 1 is 1.21 bits per heavy atom. The Morgan fingerprint density at radius 2 is 2.00 bits per heavy atom. The lowest BCUT2D eigenvalue weighted by atomic mass is 10.0. The Hall–Kier alpha value is -3.20. The van der Waals surface area contributed by atoms with E-state index in [9.17, 15) is 23.5 Å². The summed E-state index contributed by atoms with van der Waals surface area (Å²) in [4.78, 5) is 25.8. The Kier molecular flexibility index (Phi) is 6.28. The van der Waals surface area contributed by atoms with Crippen LogP contribution in [-0.2, 0) is 0 Å². The first-order chi connectivity index (χ1) is 13.8. The number of nitrogens with one attached hydrogen (secondary N) is 3. The van der Waals surface area contributed by atoms with E-state index in [0.29, 0.717) is 24.5 Å². The van der Waals surface area contributed by atoms with E-state index in [2.05, 4.69) is 16.0 Å². The summed E-state index contributed by atoms with van der Waals surface area (Å²) in [7, 11) is 0. The lowest BCUT2D eigenvalue weighted by Crippen LogP contribution is -2.46. The Labute approximate surface area is 166 Å². The first kappa shape index (κ1) is 20.5. The lowest BCUT2D eigenvalue weighted by molar-refractivity contribution is 0.138. The van der Waals surface area contributed by atoms with Gasteiger partial charge in [0.15, 0.2) is 11.6 Å². The smallest absolute Gasteiger partial charge is 0.321 e.